The molecule has 0 radical (unpaired) electrons. The maximum atomic E-state index is 15.1. The first-order chi connectivity index (χ1) is 14.6. The van der Waals surface area contributed by atoms with Crippen molar-refractivity contribution in [2.75, 3.05) is 12.4 Å². The van der Waals surface area contributed by atoms with E-state index in [4.69, 9.17) is 5.73 Å². The zero-order valence-corrected chi connectivity index (χ0v) is 18.9. The lowest BCUT2D eigenvalue weighted by Crippen LogP contribution is -2.58. The number of hydrogen-bond acceptors (Lipinski definition) is 4. The third-order valence-corrected chi connectivity index (χ3v) is 7.39. The Kier molecular flexibility index (Phi) is 5.07. The van der Waals surface area contributed by atoms with Gasteiger partial charge in [-0.2, -0.15) is 0 Å². The van der Waals surface area contributed by atoms with E-state index in [9.17, 15) is 4.79 Å². The minimum atomic E-state index is -1.12. The smallest absolute Gasteiger partial charge is 0.237 e. The number of carbonyl (C=O) groups excluding carboxylic acids is 1. The van der Waals surface area contributed by atoms with E-state index in [2.05, 4.69) is 41.5 Å². The van der Waals surface area contributed by atoms with Gasteiger partial charge in [0.25, 0.3) is 0 Å². The molecule has 0 saturated heterocycles. The van der Waals surface area contributed by atoms with Gasteiger partial charge in [-0.1, -0.05) is 31.2 Å². The van der Waals surface area contributed by atoms with Crippen LogP contribution in [-0.4, -0.2) is 23.8 Å². The number of nitrogens with two attached hydrogens (primary N) is 1. The molecule has 31 heavy (non-hydrogen) atoms. The predicted molar refractivity (Wildman–Crippen MR) is 122 cm³/mol. The lowest BCUT2D eigenvalue weighted by molar-refractivity contribution is -0.140. The molecule has 5 nitrogen and oxygen atoms in total. The molecule has 0 bridgehead atoms. The molecule has 3 atom stereocenters. The molecule has 4 rings (SSSR count). The Morgan fingerprint density at radius 2 is 1.87 bits per heavy atom. The SMILES string of the molecule is CCC1CC(Nc2ccc(F)c([C@@]3(C)N=C(N)N(C)C(=O)C3(C)C)c2)c2ccccc21. The minimum Gasteiger partial charge on any atom is -0.378 e. The minimum absolute atomic E-state index is 0.0973. The fourth-order valence-corrected chi connectivity index (χ4v) is 5.02. The molecule has 1 heterocycles. The second-order valence-electron chi connectivity index (χ2n) is 9.39. The molecule has 2 aromatic carbocycles. The van der Waals surface area contributed by atoms with Gasteiger partial charge in [0.1, 0.15) is 11.4 Å². The van der Waals surface area contributed by atoms with Crippen LogP contribution in [0.5, 0.6) is 0 Å². The second-order valence-corrected chi connectivity index (χ2v) is 9.39. The van der Waals surface area contributed by atoms with Crippen LogP contribution in [0.2, 0.25) is 0 Å². The van der Waals surface area contributed by atoms with E-state index in [0.717, 1.165) is 18.5 Å². The topological polar surface area (TPSA) is 70.7 Å². The average Bonchev–Trinajstić information content (AvgIpc) is 3.10. The number of benzene rings is 2. The fourth-order valence-electron chi connectivity index (χ4n) is 5.02. The standard InChI is InChI=1S/C25H31FN4O/c1-6-15-13-21(18-10-8-7-9-17(15)18)28-16-11-12-20(26)19(14-16)25(4)24(2,3)22(31)30(5)23(27)29-25/h7-12,14-15,21,28H,6,13H2,1-5H3,(H2,27,29)/t15?,21?,25-/m1/s1. The summed E-state index contributed by atoms with van der Waals surface area (Å²) in [5, 5.41) is 3.60. The highest BCUT2D eigenvalue weighted by Crippen LogP contribution is 2.48. The molecule has 0 saturated carbocycles. The normalized spacial score (nSPS) is 27.1. The Morgan fingerprint density at radius 1 is 1.19 bits per heavy atom. The number of nitrogens with one attached hydrogen (secondary N) is 1. The van der Waals surface area contributed by atoms with Crippen LogP contribution in [-0.2, 0) is 10.3 Å². The van der Waals surface area contributed by atoms with E-state index < -0.39 is 16.8 Å². The molecular weight excluding hydrogens is 391 g/mol. The van der Waals surface area contributed by atoms with Gasteiger partial charge in [-0.05, 0) is 68.9 Å². The maximum Gasteiger partial charge on any atom is 0.237 e. The van der Waals surface area contributed by atoms with Crippen molar-refractivity contribution in [3.05, 3.63) is 65.0 Å². The summed E-state index contributed by atoms with van der Waals surface area (Å²) < 4.78 is 15.1. The number of anilines is 1. The second kappa shape index (κ2) is 7.36. The molecule has 0 aromatic heterocycles. The summed E-state index contributed by atoms with van der Waals surface area (Å²) in [6, 6.07) is 13.7. The first kappa shape index (κ1) is 21.3. The van der Waals surface area contributed by atoms with E-state index in [1.54, 1.807) is 40.0 Å². The first-order valence-corrected chi connectivity index (χ1v) is 10.9. The number of guanidine groups is 1. The molecule has 0 fully saturated rings. The van der Waals surface area contributed by atoms with Crippen molar-refractivity contribution in [3.8, 4) is 0 Å². The monoisotopic (exact) mass is 422 g/mol. The van der Waals surface area contributed by atoms with Gasteiger partial charge in [0, 0.05) is 18.3 Å². The Hall–Kier alpha value is -2.89. The molecule has 0 spiro atoms. The maximum absolute atomic E-state index is 15.1. The van der Waals surface area contributed by atoms with Crippen molar-refractivity contribution in [3.63, 3.8) is 0 Å². The quantitative estimate of drug-likeness (QED) is 0.736. The Balaban J connectivity index is 1.73. The van der Waals surface area contributed by atoms with Crippen LogP contribution < -0.4 is 11.1 Å². The largest absolute Gasteiger partial charge is 0.378 e. The van der Waals surface area contributed by atoms with Gasteiger partial charge < -0.3 is 11.1 Å². The Bertz CT molecular complexity index is 1060. The van der Waals surface area contributed by atoms with Crippen LogP contribution in [0, 0.1) is 11.2 Å². The Morgan fingerprint density at radius 3 is 2.55 bits per heavy atom. The summed E-state index contributed by atoms with van der Waals surface area (Å²) in [7, 11) is 1.60. The molecule has 2 aromatic rings. The summed E-state index contributed by atoms with van der Waals surface area (Å²) in [4.78, 5) is 18.9. The number of hydrogen-bond donors (Lipinski definition) is 2. The van der Waals surface area contributed by atoms with Gasteiger partial charge >= 0.3 is 0 Å². The first-order valence-electron chi connectivity index (χ1n) is 10.9. The summed E-state index contributed by atoms with van der Waals surface area (Å²) in [5.74, 6) is 0.0325. The number of fused-ring (bicyclic) bond motifs is 1. The molecule has 2 aliphatic rings. The number of amides is 1. The third-order valence-electron chi connectivity index (χ3n) is 7.39. The van der Waals surface area contributed by atoms with Gasteiger partial charge in [-0.25, -0.2) is 9.38 Å². The van der Waals surface area contributed by atoms with Gasteiger partial charge in [0.15, 0.2) is 5.96 Å². The van der Waals surface area contributed by atoms with Crippen molar-refractivity contribution in [1.29, 1.82) is 0 Å². The van der Waals surface area contributed by atoms with Crippen LogP contribution in [0.3, 0.4) is 0 Å². The van der Waals surface area contributed by atoms with E-state index in [0.29, 0.717) is 11.5 Å². The highest BCUT2D eigenvalue weighted by atomic mass is 19.1. The highest BCUT2D eigenvalue weighted by Gasteiger charge is 2.53. The van der Waals surface area contributed by atoms with E-state index in [1.165, 1.54) is 22.1 Å². The van der Waals surface area contributed by atoms with Crippen molar-refractivity contribution >= 4 is 17.6 Å². The summed E-state index contributed by atoms with van der Waals surface area (Å²) in [5.41, 5.74) is 7.80. The number of rotatable bonds is 4. The van der Waals surface area contributed by atoms with Gasteiger partial charge in [-0.3, -0.25) is 9.69 Å². The number of nitrogens with zero attached hydrogens (tertiary/aromatic N) is 2. The van der Waals surface area contributed by atoms with Gasteiger partial charge in [0.05, 0.1) is 11.5 Å². The summed E-state index contributed by atoms with van der Waals surface area (Å²) in [6.45, 7) is 7.58. The average molecular weight is 423 g/mol. The number of carbonyl (C=O) groups is 1. The number of halogens is 1. The van der Waals surface area contributed by atoms with Gasteiger partial charge in [0.2, 0.25) is 5.91 Å². The molecule has 1 aliphatic carbocycles. The van der Waals surface area contributed by atoms with Crippen molar-refractivity contribution in [2.45, 2.75) is 58.0 Å². The fraction of sp³-hybridized carbons (Fsp3) is 0.440. The number of aliphatic imine (C=N–C) groups is 1. The third kappa shape index (κ3) is 3.20. The van der Waals surface area contributed by atoms with E-state index in [-0.39, 0.29) is 17.9 Å². The summed E-state index contributed by atoms with van der Waals surface area (Å²) >= 11 is 0. The van der Waals surface area contributed by atoms with Crippen LogP contribution in [0.1, 0.15) is 69.2 Å². The van der Waals surface area contributed by atoms with Crippen molar-refractivity contribution in [2.24, 2.45) is 16.1 Å². The Labute approximate surface area is 183 Å². The van der Waals surface area contributed by atoms with E-state index >= 15 is 4.39 Å². The zero-order chi connectivity index (χ0) is 22.6. The molecule has 3 N–H and O–H groups in total. The lowest BCUT2D eigenvalue weighted by Gasteiger charge is -2.46. The van der Waals surface area contributed by atoms with E-state index in [1.807, 2.05) is 0 Å². The molecule has 1 aliphatic heterocycles. The molecule has 6 heteroatoms. The molecule has 164 valence electrons. The molecule has 2 unspecified atom stereocenters. The predicted octanol–water partition coefficient (Wildman–Crippen LogP) is 4.90. The van der Waals surface area contributed by atoms with Crippen LogP contribution in [0.4, 0.5) is 10.1 Å². The summed E-state index contributed by atoms with van der Waals surface area (Å²) in [6.07, 6.45) is 2.08. The zero-order valence-electron chi connectivity index (χ0n) is 18.9. The van der Waals surface area contributed by atoms with Crippen LogP contribution in [0.15, 0.2) is 47.5 Å². The molecule has 1 amide bonds. The van der Waals surface area contributed by atoms with Crippen molar-refractivity contribution in [1.82, 2.24) is 4.90 Å². The van der Waals surface area contributed by atoms with Crippen LogP contribution in [0.25, 0.3) is 0 Å². The molecular formula is C25H31FN4O. The van der Waals surface area contributed by atoms with Gasteiger partial charge in [-0.15, -0.1) is 0 Å². The van der Waals surface area contributed by atoms with Crippen LogP contribution >= 0.6 is 0 Å². The van der Waals surface area contributed by atoms with Crippen molar-refractivity contribution < 1.29 is 9.18 Å². The lowest BCUT2D eigenvalue weighted by atomic mass is 9.67. The highest BCUT2D eigenvalue weighted by molar-refractivity contribution is 6.01.